The minimum atomic E-state index is 0.780. The highest BCUT2D eigenvalue weighted by Gasteiger charge is 1.96. The summed E-state index contributed by atoms with van der Waals surface area (Å²) in [6.07, 6.45) is 25.0. The molecule has 29 heavy (non-hydrogen) atoms. The van der Waals surface area contributed by atoms with E-state index < -0.39 is 0 Å². The quantitative estimate of drug-likeness (QED) is 0.155. The zero-order valence-corrected chi connectivity index (χ0v) is 20.3. The van der Waals surface area contributed by atoms with Gasteiger partial charge in [-0.05, 0) is 44.8 Å². The van der Waals surface area contributed by atoms with Crippen LogP contribution in [0.4, 0.5) is 0 Å². The van der Waals surface area contributed by atoms with E-state index in [1.165, 1.54) is 103 Å². The Balaban J connectivity index is 2.98. The first-order valence-corrected chi connectivity index (χ1v) is 13.3. The molecule has 0 atom stereocenters. The highest BCUT2D eigenvalue weighted by atomic mass is 16.5. The molecule has 0 aromatic heterocycles. The molecule has 0 rings (SSSR count). The molecule has 0 spiro atoms. The number of unbranched alkanes of at least 4 members (excludes halogenated alkanes) is 14. The molecule has 0 aliphatic heterocycles. The zero-order valence-electron chi connectivity index (χ0n) is 20.3. The third kappa shape index (κ3) is 27.9. The fourth-order valence-electron chi connectivity index (χ4n) is 3.81. The Morgan fingerprint density at radius 1 is 0.552 bits per heavy atom. The lowest BCUT2D eigenvalue weighted by molar-refractivity contribution is 0.127. The summed E-state index contributed by atoms with van der Waals surface area (Å²) in [6.45, 7) is 9.39. The third-order valence-corrected chi connectivity index (χ3v) is 5.77. The number of hydrogen-bond donors (Lipinski definition) is 2. The number of rotatable bonds is 25. The molecule has 0 saturated heterocycles. The van der Waals surface area contributed by atoms with Gasteiger partial charge in [0.1, 0.15) is 0 Å². The van der Waals surface area contributed by atoms with Crippen LogP contribution in [0.15, 0.2) is 0 Å². The molecule has 0 bridgehead atoms. The smallest absolute Gasteiger partial charge is 0.0478 e. The second-order valence-electron chi connectivity index (χ2n) is 9.34. The van der Waals surface area contributed by atoms with E-state index in [1.807, 2.05) is 0 Å². The maximum atomic E-state index is 5.70. The van der Waals surface area contributed by atoms with Gasteiger partial charge in [-0.3, -0.25) is 0 Å². The monoisotopic (exact) mass is 412 g/mol. The standard InChI is InChI=1S/C26H56N2O/c1-26(2)20-16-14-12-10-8-6-4-3-5-7-9-11-13-15-17-24-29-25-19-23-28-22-18-21-27/h26,28H,3-25,27H2,1-2H3. The molecular weight excluding hydrogens is 356 g/mol. The van der Waals surface area contributed by atoms with Gasteiger partial charge >= 0.3 is 0 Å². The van der Waals surface area contributed by atoms with Crippen molar-refractivity contribution in [1.29, 1.82) is 0 Å². The van der Waals surface area contributed by atoms with Gasteiger partial charge in [-0.1, -0.05) is 110 Å². The summed E-state index contributed by atoms with van der Waals surface area (Å²) in [5.41, 5.74) is 5.46. The van der Waals surface area contributed by atoms with Crippen LogP contribution < -0.4 is 11.1 Å². The minimum absolute atomic E-state index is 0.780. The normalized spacial score (nSPS) is 11.6. The summed E-state index contributed by atoms with van der Waals surface area (Å²) >= 11 is 0. The summed E-state index contributed by atoms with van der Waals surface area (Å²) in [5.74, 6) is 0.888. The molecule has 0 radical (unpaired) electrons. The number of nitrogens with one attached hydrogen (secondary N) is 1. The first-order valence-electron chi connectivity index (χ1n) is 13.3. The van der Waals surface area contributed by atoms with E-state index in [0.29, 0.717) is 0 Å². The molecule has 0 aliphatic carbocycles. The zero-order chi connectivity index (χ0) is 21.3. The molecule has 0 aromatic rings. The van der Waals surface area contributed by atoms with Crippen molar-refractivity contribution < 1.29 is 4.74 Å². The number of hydrogen-bond acceptors (Lipinski definition) is 3. The average Bonchev–Trinajstić information content (AvgIpc) is 2.71. The van der Waals surface area contributed by atoms with Gasteiger partial charge in [-0.2, -0.15) is 0 Å². The van der Waals surface area contributed by atoms with Crippen molar-refractivity contribution in [3.8, 4) is 0 Å². The maximum Gasteiger partial charge on any atom is 0.0478 e. The van der Waals surface area contributed by atoms with Crippen LogP contribution in [0.3, 0.4) is 0 Å². The van der Waals surface area contributed by atoms with E-state index in [0.717, 1.165) is 51.6 Å². The summed E-state index contributed by atoms with van der Waals surface area (Å²) in [4.78, 5) is 0. The molecule has 0 unspecified atom stereocenters. The van der Waals surface area contributed by atoms with Gasteiger partial charge in [0.15, 0.2) is 0 Å². The molecule has 0 aromatic carbocycles. The molecule has 0 fully saturated rings. The largest absolute Gasteiger partial charge is 0.381 e. The molecule has 176 valence electrons. The van der Waals surface area contributed by atoms with E-state index in [4.69, 9.17) is 10.5 Å². The van der Waals surface area contributed by atoms with Crippen molar-refractivity contribution in [1.82, 2.24) is 5.32 Å². The Kier molecular flexibility index (Phi) is 25.8. The van der Waals surface area contributed by atoms with Crippen molar-refractivity contribution in [3.63, 3.8) is 0 Å². The highest BCUT2D eigenvalue weighted by Crippen LogP contribution is 2.14. The lowest BCUT2D eigenvalue weighted by Gasteiger charge is -2.06. The van der Waals surface area contributed by atoms with Crippen LogP contribution in [0, 0.1) is 5.92 Å². The molecular formula is C26H56N2O. The topological polar surface area (TPSA) is 47.3 Å². The van der Waals surface area contributed by atoms with Crippen LogP contribution in [-0.4, -0.2) is 32.8 Å². The van der Waals surface area contributed by atoms with Crippen LogP contribution in [0.5, 0.6) is 0 Å². The Morgan fingerprint density at radius 3 is 1.45 bits per heavy atom. The van der Waals surface area contributed by atoms with Crippen LogP contribution >= 0.6 is 0 Å². The predicted molar refractivity (Wildman–Crippen MR) is 131 cm³/mol. The highest BCUT2D eigenvalue weighted by molar-refractivity contribution is 4.52. The van der Waals surface area contributed by atoms with Crippen LogP contribution in [0.2, 0.25) is 0 Å². The molecule has 0 saturated carbocycles. The molecule has 3 N–H and O–H groups in total. The second kappa shape index (κ2) is 25.9. The maximum absolute atomic E-state index is 5.70. The van der Waals surface area contributed by atoms with Crippen molar-refractivity contribution in [2.24, 2.45) is 11.7 Å². The van der Waals surface area contributed by atoms with Gasteiger partial charge in [0.2, 0.25) is 0 Å². The summed E-state index contributed by atoms with van der Waals surface area (Å²) in [5, 5.41) is 3.39. The molecule has 0 heterocycles. The van der Waals surface area contributed by atoms with Crippen molar-refractivity contribution in [3.05, 3.63) is 0 Å². The molecule has 3 nitrogen and oxygen atoms in total. The van der Waals surface area contributed by atoms with E-state index in [2.05, 4.69) is 19.2 Å². The third-order valence-electron chi connectivity index (χ3n) is 5.77. The minimum Gasteiger partial charge on any atom is -0.381 e. The van der Waals surface area contributed by atoms with Gasteiger partial charge in [-0.25, -0.2) is 0 Å². The van der Waals surface area contributed by atoms with Crippen LogP contribution in [-0.2, 0) is 4.74 Å². The number of ether oxygens (including phenoxy) is 1. The summed E-state index contributed by atoms with van der Waals surface area (Å²) in [7, 11) is 0. The first kappa shape index (κ1) is 28.9. The van der Waals surface area contributed by atoms with Crippen LogP contribution in [0.1, 0.15) is 129 Å². The second-order valence-corrected chi connectivity index (χ2v) is 9.34. The summed E-state index contributed by atoms with van der Waals surface area (Å²) in [6, 6.07) is 0. The van der Waals surface area contributed by atoms with Crippen molar-refractivity contribution in [2.75, 3.05) is 32.8 Å². The Bertz CT molecular complexity index is 284. The number of nitrogens with two attached hydrogens (primary N) is 1. The SMILES string of the molecule is CC(C)CCCCCCCCCCCCCCCCCOCCCNCCCN. The Morgan fingerprint density at radius 2 is 0.966 bits per heavy atom. The van der Waals surface area contributed by atoms with Crippen molar-refractivity contribution in [2.45, 2.75) is 129 Å². The van der Waals surface area contributed by atoms with Crippen LogP contribution in [0.25, 0.3) is 0 Å². The Hall–Kier alpha value is -0.120. The van der Waals surface area contributed by atoms with Crippen molar-refractivity contribution >= 4 is 0 Å². The van der Waals surface area contributed by atoms with Gasteiger partial charge < -0.3 is 15.8 Å². The Labute approximate surface area is 184 Å². The van der Waals surface area contributed by atoms with Gasteiger partial charge in [0.05, 0.1) is 0 Å². The fraction of sp³-hybridized carbons (Fsp3) is 1.00. The summed E-state index contributed by atoms with van der Waals surface area (Å²) < 4.78 is 5.70. The predicted octanol–water partition coefficient (Wildman–Crippen LogP) is 7.23. The first-order chi connectivity index (χ1) is 14.3. The van der Waals surface area contributed by atoms with E-state index in [-0.39, 0.29) is 0 Å². The molecule has 0 aliphatic rings. The van der Waals surface area contributed by atoms with Gasteiger partial charge in [0, 0.05) is 13.2 Å². The lowest BCUT2D eigenvalue weighted by Crippen LogP contribution is -2.20. The fourth-order valence-corrected chi connectivity index (χ4v) is 3.81. The van der Waals surface area contributed by atoms with Gasteiger partial charge in [0.25, 0.3) is 0 Å². The molecule has 3 heteroatoms. The van der Waals surface area contributed by atoms with E-state index in [9.17, 15) is 0 Å². The average molecular weight is 413 g/mol. The lowest BCUT2D eigenvalue weighted by atomic mass is 10.0. The van der Waals surface area contributed by atoms with E-state index >= 15 is 0 Å². The van der Waals surface area contributed by atoms with E-state index in [1.54, 1.807) is 0 Å². The molecule has 0 amide bonds. The van der Waals surface area contributed by atoms with Gasteiger partial charge in [-0.15, -0.1) is 0 Å².